The van der Waals surface area contributed by atoms with Crippen LogP contribution in [0.15, 0.2) is 22.0 Å². The van der Waals surface area contributed by atoms with Gasteiger partial charge in [-0.25, -0.2) is 0 Å². The summed E-state index contributed by atoms with van der Waals surface area (Å²) in [5.74, 6) is 0.267. The number of carbonyl (C=O) groups excluding carboxylic acids is 1. The maximum atomic E-state index is 11.4. The molecular weight excluding hydrogens is 292 g/mol. The summed E-state index contributed by atoms with van der Waals surface area (Å²) in [6.07, 6.45) is 0. The molecule has 0 atom stereocenters. The molecule has 0 saturated heterocycles. The highest BCUT2D eigenvalue weighted by molar-refractivity contribution is 8.00. The largest absolute Gasteiger partial charge is 0.507 e. The first-order valence-corrected chi connectivity index (χ1v) is 7.23. The van der Waals surface area contributed by atoms with Crippen molar-refractivity contribution < 1.29 is 9.90 Å². The molecule has 0 unspecified atom stereocenters. The smallest absolute Gasteiger partial charge is 0.174 e. The number of halogens is 1. The van der Waals surface area contributed by atoms with E-state index in [2.05, 4.69) is 10.2 Å². The van der Waals surface area contributed by atoms with Crippen LogP contribution < -0.4 is 0 Å². The Hall–Kier alpha value is -1.11. The lowest BCUT2D eigenvalue weighted by molar-refractivity contribution is 0.101. The summed E-state index contributed by atoms with van der Waals surface area (Å²) in [6, 6.07) is 3.12. The SMILES string of the molecule is CC(=O)c1cc(Cl)cc(CSc2nncs2)c1O. The lowest BCUT2D eigenvalue weighted by atomic mass is 10.1. The number of aromatic hydroxyl groups is 1. The molecule has 94 valence electrons. The second kappa shape index (κ2) is 5.69. The molecule has 2 rings (SSSR count). The molecule has 2 aromatic rings. The van der Waals surface area contributed by atoms with E-state index in [1.165, 1.54) is 36.1 Å². The number of aromatic nitrogens is 2. The van der Waals surface area contributed by atoms with Crippen molar-refractivity contribution in [3.8, 4) is 5.75 Å². The number of ketones is 1. The van der Waals surface area contributed by atoms with Gasteiger partial charge in [0.25, 0.3) is 0 Å². The molecule has 0 aliphatic carbocycles. The first-order chi connectivity index (χ1) is 8.58. The fourth-order valence-corrected chi connectivity index (χ4v) is 3.10. The van der Waals surface area contributed by atoms with Crippen LogP contribution in [-0.2, 0) is 5.75 Å². The standard InChI is InChI=1S/C11H9ClN2O2S2/c1-6(15)9-3-8(12)2-7(10(9)16)4-17-11-14-13-5-18-11/h2-3,5,16H,4H2,1H3. The van der Waals surface area contributed by atoms with E-state index in [1.807, 2.05) is 0 Å². The lowest BCUT2D eigenvalue weighted by Crippen LogP contribution is -1.96. The first-order valence-electron chi connectivity index (χ1n) is 4.99. The summed E-state index contributed by atoms with van der Waals surface area (Å²) < 4.78 is 0.804. The van der Waals surface area contributed by atoms with Gasteiger partial charge in [-0.1, -0.05) is 34.7 Å². The van der Waals surface area contributed by atoms with E-state index < -0.39 is 0 Å². The zero-order valence-corrected chi connectivity index (χ0v) is 11.8. The zero-order chi connectivity index (χ0) is 13.1. The van der Waals surface area contributed by atoms with Crippen molar-refractivity contribution in [3.05, 3.63) is 33.8 Å². The first kappa shape index (κ1) is 13.3. The van der Waals surface area contributed by atoms with Gasteiger partial charge in [-0.15, -0.1) is 10.2 Å². The molecule has 0 spiro atoms. The number of Topliss-reactive ketones (excluding diaryl/α,β-unsaturated/α-hetero) is 1. The molecule has 7 heteroatoms. The number of hydrogen-bond acceptors (Lipinski definition) is 6. The van der Waals surface area contributed by atoms with Gasteiger partial charge in [-0.05, 0) is 19.1 Å². The molecule has 4 nitrogen and oxygen atoms in total. The summed E-state index contributed by atoms with van der Waals surface area (Å²) in [5.41, 5.74) is 2.50. The Labute approximate surface area is 117 Å². The highest BCUT2D eigenvalue weighted by Crippen LogP contribution is 2.33. The third-order valence-corrected chi connectivity index (χ3v) is 4.35. The summed E-state index contributed by atoms with van der Waals surface area (Å²) in [4.78, 5) is 11.4. The zero-order valence-electron chi connectivity index (χ0n) is 9.38. The van der Waals surface area contributed by atoms with E-state index in [0.29, 0.717) is 16.3 Å². The second-order valence-electron chi connectivity index (χ2n) is 3.51. The minimum absolute atomic E-state index is 0.0103. The molecule has 0 amide bonds. The van der Waals surface area contributed by atoms with E-state index in [9.17, 15) is 9.90 Å². The molecule has 1 aromatic carbocycles. The van der Waals surface area contributed by atoms with Crippen molar-refractivity contribution in [1.82, 2.24) is 10.2 Å². The summed E-state index contributed by atoms with van der Waals surface area (Å²) >= 11 is 8.79. The Morgan fingerprint density at radius 3 is 2.94 bits per heavy atom. The van der Waals surface area contributed by atoms with Crippen molar-refractivity contribution in [2.75, 3.05) is 0 Å². The Balaban J connectivity index is 2.24. The summed E-state index contributed by atoms with van der Waals surface area (Å²) in [5, 5.41) is 18.0. The Morgan fingerprint density at radius 2 is 2.33 bits per heavy atom. The van der Waals surface area contributed by atoms with Gasteiger partial charge < -0.3 is 5.11 Å². The van der Waals surface area contributed by atoms with Gasteiger partial charge in [0.05, 0.1) is 5.56 Å². The molecule has 1 heterocycles. The average molecular weight is 301 g/mol. The van der Waals surface area contributed by atoms with Crippen molar-refractivity contribution in [1.29, 1.82) is 0 Å². The highest BCUT2D eigenvalue weighted by Gasteiger charge is 2.13. The van der Waals surface area contributed by atoms with Crippen LogP contribution in [0.2, 0.25) is 5.02 Å². The Morgan fingerprint density at radius 1 is 1.56 bits per heavy atom. The van der Waals surface area contributed by atoms with Crippen molar-refractivity contribution in [2.24, 2.45) is 0 Å². The van der Waals surface area contributed by atoms with Gasteiger partial charge in [0.1, 0.15) is 11.3 Å². The molecule has 0 saturated carbocycles. The van der Waals surface area contributed by atoms with E-state index in [1.54, 1.807) is 11.6 Å². The third kappa shape index (κ3) is 3.01. The van der Waals surface area contributed by atoms with Gasteiger partial charge in [-0.2, -0.15) is 0 Å². The number of benzene rings is 1. The second-order valence-corrected chi connectivity index (χ2v) is 6.00. The number of nitrogens with zero attached hydrogens (tertiary/aromatic N) is 2. The van der Waals surface area contributed by atoms with Gasteiger partial charge >= 0.3 is 0 Å². The van der Waals surface area contributed by atoms with Crippen molar-refractivity contribution in [2.45, 2.75) is 17.0 Å². The van der Waals surface area contributed by atoms with Gasteiger partial charge in [0, 0.05) is 16.3 Å². The predicted octanol–water partition coefficient (Wildman–Crippen LogP) is 3.39. The molecule has 18 heavy (non-hydrogen) atoms. The van der Waals surface area contributed by atoms with Crippen LogP contribution in [0, 0.1) is 0 Å². The van der Waals surface area contributed by atoms with Crippen LogP contribution in [-0.4, -0.2) is 21.1 Å². The maximum Gasteiger partial charge on any atom is 0.174 e. The molecule has 1 aromatic heterocycles. The van der Waals surface area contributed by atoms with Crippen LogP contribution in [0.1, 0.15) is 22.8 Å². The molecule has 1 N–H and O–H groups in total. The van der Waals surface area contributed by atoms with Gasteiger partial charge in [0.15, 0.2) is 10.1 Å². The quantitative estimate of drug-likeness (QED) is 0.692. The van der Waals surface area contributed by atoms with E-state index in [4.69, 9.17) is 11.6 Å². The van der Waals surface area contributed by atoms with Crippen LogP contribution in [0.5, 0.6) is 5.75 Å². The normalized spacial score (nSPS) is 10.6. The molecule has 0 aliphatic rings. The highest BCUT2D eigenvalue weighted by atomic mass is 35.5. The van der Waals surface area contributed by atoms with Crippen molar-refractivity contribution in [3.63, 3.8) is 0 Å². The maximum absolute atomic E-state index is 11.4. The number of phenolic OH excluding ortho intramolecular Hbond substituents is 1. The van der Waals surface area contributed by atoms with E-state index >= 15 is 0 Å². The minimum Gasteiger partial charge on any atom is -0.507 e. The number of carbonyl (C=O) groups is 1. The number of rotatable bonds is 4. The van der Waals surface area contributed by atoms with Crippen LogP contribution in [0.3, 0.4) is 0 Å². The average Bonchev–Trinajstić information content (AvgIpc) is 2.82. The summed E-state index contributed by atoms with van der Waals surface area (Å²) in [7, 11) is 0. The topological polar surface area (TPSA) is 63.1 Å². The van der Waals surface area contributed by atoms with Crippen LogP contribution >= 0.6 is 34.7 Å². The molecule has 0 bridgehead atoms. The molecule has 0 aliphatic heterocycles. The van der Waals surface area contributed by atoms with Gasteiger partial charge in [0.2, 0.25) is 0 Å². The fraction of sp³-hybridized carbons (Fsp3) is 0.182. The monoisotopic (exact) mass is 300 g/mol. The van der Waals surface area contributed by atoms with E-state index in [0.717, 1.165) is 4.34 Å². The van der Waals surface area contributed by atoms with Crippen LogP contribution in [0.4, 0.5) is 0 Å². The van der Waals surface area contributed by atoms with Crippen molar-refractivity contribution >= 4 is 40.5 Å². The Kier molecular flexibility index (Phi) is 4.21. The van der Waals surface area contributed by atoms with Gasteiger partial charge in [-0.3, -0.25) is 4.79 Å². The molecule has 0 radical (unpaired) electrons. The van der Waals surface area contributed by atoms with E-state index in [-0.39, 0.29) is 17.1 Å². The minimum atomic E-state index is -0.211. The summed E-state index contributed by atoms with van der Waals surface area (Å²) in [6.45, 7) is 1.40. The lowest BCUT2D eigenvalue weighted by Gasteiger charge is -2.08. The number of phenols is 1. The fourth-order valence-electron chi connectivity index (χ4n) is 1.40. The predicted molar refractivity (Wildman–Crippen MR) is 72.6 cm³/mol. The third-order valence-electron chi connectivity index (χ3n) is 2.22. The number of thioether (sulfide) groups is 1. The molecule has 0 fully saturated rings. The Bertz CT molecular complexity index is 573. The van der Waals surface area contributed by atoms with Crippen LogP contribution in [0.25, 0.3) is 0 Å². The number of hydrogen-bond donors (Lipinski definition) is 1. The molecular formula is C11H9ClN2O2S2.